The van der Waals surface area contributed by atoms with E-state index in [1.54, 1.807) is 18.2 Å². The van der Waals surface area contributed by atoms with Crippen molar-refractivity contribution in [2.45, 2.75) is 18.9 Å². The highest BCUT2D eigenvalue weighted by molar-refractivity contribution is 5.96. The van der Waals surface area contributed by atoms with Gasteiger partial charge in [0.25, 0.3) is 0 Å². The number of aromatic amines is 1. The topological polar surface area (TPSA) is 128 Å². The third-order valence-corrected chi connectivity index (χ3v) is 5.45. The van der Waals surface area contributed by atoms with Crippen LogP contribution in [0.2, 0.25) is 0 Å². The highest BCUT2D eigenvalue weighted by atomic mass is 16.5. The van der Waals surface area contributed by atoms with Crippen LogP contribution < -0.4 is 20.3 Å². The number of aromatic nitrogens is 3. The molecule has 31 heavy (non-hydrogen) atoms. The number of amides is 1. The minimum atomic E-state index is 0.118. The number of nitriles is 1. The van der Waals surface area contributed by atoms with Crippen molar-refractivity contribution in [3.63, 3.8) is 0 Å². The van der Waals surface area contributed by atoms with Gasteiger partial charge in [-0.05, 0) is 18.6 Å². The van der Waals surface area contributed by atoms with Crippen LogP contribution in [-0.4, -0.2) is 53.8 Å². The molecule has 2 fully saturated rings. The molecule has 0 saturated carbocycles. The first-order valence-electron chi connectivity index (χ1n) is 10.0. The number of benzene rings is 1. The Morgan fingerprint density at radius 3 is 2.90 bits per heavy atom. The van der Waals surface area contributed by atoms with E-state index in [-0.39, 0.29) is 11.9 Å². The van der Waals surface area contributed by atoms with Crippen molar-refractivity contribution in [2.75, 3.05) is 42.4 Å². The Balaban J connectivity index is 1.48. The summed E-state index contributed by atoms with van der Waals surface area (Å²) in [5.74, 6) is 1.61. The first-order valence-corrected chi connectivity index (χ1v) is 10.0. The molecule has 10 nitrogen and oxygen atoms in total. The molecule has 0 unspecified atom stereocenters. The maximum Gasteiger partial charge on any atom is 0.231 e. The predicted octanol–water partition coefficient (Wildman–Crippen LogP) is 2.52. The van der Waals surface area contributed by atoms with Crippen molar-refractivity contribution in [2.24, 2.45) is 0 Å². The van der Waals surface area contributed by atoms with Crippen LogP contribution >= 0.6 is 0 Å². The summed E-state index contributed by atoms with van der Waals surface area (Å²) in [4.78, 5) is 26.0. The van der Waals surface area contributed by atoms with E-state index in [4.69, 9.17) is 9.47 Å². The van der Waals surface area contributed by atoms with Crippen molar-refractivity contribution in [3.8, 4) is 11.8 Å². The Kier molecular flexibility index (Phi) is 4.80. The summed E-state index contributed by atoms with van der Waals surface area (Å²) in [6.07, 6.45) is 3.05. The fourth-order valence-corrected chi connectivity index (χ4v) is 3.79. The molecule has 0 atom stereocenters. The molecule has 2 aliphatic heterocycles. The van der Waals surface area contributed by atoms with E-state index in [1.807, 2.05) is 18.2 Å². The van der Waals surface area contributed by atoms with Gasteiger partial charge in [-0.15, -0.1) is 0 Å². The third-order valence-electron chi connectivity index (χ3n) is 5.45. The summed E-state index contributed by atoms with van der Waals surface area (Å²) in [5, 5.41) is 16.6. The second-order valence-electron chi connectivity index (χ2n) is 7.47. The van der Waals surface area contributed by atoms with E-state index in [2.05, 4.69) is 31.7 Å². The second-order valence-corrected chi connectivity index (χ2v) is 7.47. The number of hydrogen-bond acceptors (Lipinski definition) is 8. The molecule has 4 heterocycles. The molecule has 3 aromatic rings. The van der Waals surface area contributed by atoms with Crippen LogP contribution in [0.15, 0.2) is 24.4 Å². The summed E-state index contributed by atoms with van der Waals surface area (Å²) in [5.41, 5.74) is 2.50. The van der Waals surface area contributed by atoms with Crippen LogP contribution in [0.25, 0.3) is 11.0 Å². The molecule has 2 aliphatic rings. The zero-order valence-corrected chi connectivity index (χ0v) is 16.9. The van der Waals surface area contributed by atoms with Crippen molar-refractivity contribution < 1.29 is 14.3 Å². The fraction of sp³-hybridized carbons (Fsp3) is 0.333. The molecule has 0 bridgehead atoms. The Hall–Kier alpha value is -3.84. The lowest BCUT2D eigenvalue weighted by molar-refractivity contribution is -0.117. The SMILES string of the molecule is COc1cc(N2CCCC2=O)ccc1Nc1nc(NC2COC2)c2c(C#N)c[nH]c2n1. The Labute approximate surface area is 178 Å². The van der Waals surface area contributed by atoms with E-state index in [0.29, 0.717) is 66.0 Å². The summed E-state index contributed by atoms with van der Waals surface area (Å²) in [6, 6.07) is 7.86. The maximum atomic E-state index is 12.1. The number of anilines is 4. The smallest absolute Gasteiger partial charge is 0.231 e. The van der Waals surface area contributed by atoms with Crippen molar-refractivity contribution in [3.05, 3.63) is 30.0 Å². The minimum absolute atomic E-state index is 0.118. The van der Waals surface area contributed by atoms with Gasteiger partial charge in [-0.1, -0.05) is 0 Å². The van der Waals surface area contributed by atoms with Gasteiger partial charge in [0.15, 0.2) is 0 Å². The molecule has 0 aliphatic carbocycles. The Bertz CT molecular complexity index is 1200. The predicted molar refractivity (Wildman–Crippen MR) is 115 cm³/mol. The molecule has 1 amide bonds. The number of hydrogen-bond donors (Lipinski definition) is 3. The molecule has 5 rings (SSSR count). The lowest BCUT2D eigenvalue weighted by Gasteiger charge is -2.27. The molecular formula is C21H21N7O3. The van der Waals surface area contributed by atoms with Gasteiger partial charge in [-0.3, -0.25) is 4.79 Å². The number of ether oxygens (including phenoxy) is 2. The summed E-state index contributed by atoms with van der Waals surface area (Å²) < 4.78 is 10.8. The number of methoxy groups -OCH3 is 1. The van der Waals surface area contributed by atoms with Crippen LogP contribution in [-0.2, 0) is 9.53 Å². The van der Waals surface area contributed by atoms with Gasteiger partial charge < -0.3 is 30.0 Å². The van der Waals surface area contributed by atoms with E-state index < -0.39 is 0 Å². The zero-order valence-electron chi connectivity index (χ0n) is 16.9. The molecule has 0 radical (unpaired) electrons. The van der Waals surface area contributed by atoms with Gasteiger partial charge in [0.05, 0.1) is 43.0 Å². The number of nitrogens with zero attached hydrogens (tertiary/aromatic N) is 4. The van der Waals surface area contributed by atoms with Gasteiger partial charge in [0.1, 0.15) is 23.3 Å². The van der Waals surface area contributed by atoms with Gasteiger partial charge in [0.2, 0.25) is 11.9 Å². The quantitative estimate of drug-likeness (QED) is 0.556. The lowest BCUT2D eigenvalue weighted by atomic mass is 10.2. The molecule has 158 valence electrons. The minimum Gasteiger partial charge on any atom is -0.494 e. The Morgan fingerprint density at radius 2 is 2.23 bits per heavy atom. The number of fused-ring (bicyclic) bond motifs is 1. The molecular weight excluding hydrogens is 398 g/mol. The second kappa shape index (κ2) is 7.77. The van der Waals surface area contributed by atoms with Crippen LogP contribution in [0.1, 0.15) is 18.4 Å². The first-order chi connectivity index (χ1) is 15.2. The number of carbonyl (C=O) groups is 1. The molecule has 10 heteroatoms. The monoisotopic (exact) mass is 419 g/mol. The standard InChI is InChI=1S/C21H21N7O3/c1-30-16-7-14(28-6-2-3-17(28)29)4-5-15(16)25-21-26-19-18(12(8-22)9-23-19)20(27-21)24-13-10-31-11-13/h4-5,7,9,13H,2-3,6,10-11H2,1H3,(H3,23,24,25,26,27). The normalized spacial score (nSPS) is 16.3. The highest BCUT2D eigenvalue weighted by Gasteiger charge is 2.24. The summed E-state index contributed by atoms with van der Waals surface area (Å²) >= 11 is 0. The van der Waals surface area contributed by atoms with Crippen LogP contribution in [0.3, 0.4) is 0 Å². The van der Waals surface area contributed by atoms with Crippen molar-refractivity contribution in [1.29, 1.82) is 5.26 Å². The summed E-state index contributed by atoms with van der Waals surface area (Å²) in [6.45, 7) is 1.89. The number of carbonyl (C=O) groups excluding carboxylic acids is 1. The van der Waals surface area contributed by atoms with E-state index >= 15 is 0 Å². The van der Waals surface area contributed by atoms with E-state index in [1.165, 1.54) is 0 Å². The molecule has 2 aromatic heterocycles. The summed E-state index contributed by atoms with van der Waals surface area (Å²) in [7, 11) is 1.58. The largest absolute Gasteiger partial charge is 0.494 e. The van der Waals surface area contributed by atoms with Crippen LogP contribution in [0.5, 0.6) is 5.75 Å². The van der Waals surface area contributed by atoms with Crippen molar-refractivity contribution in [1.82, 2.24) is 15.0 Å². The average Bonchev–Trinajstić information content (AvgIpc) is 3.36. The molecule has 0 spiro atoms. The van der Waals surface area contributed by atoms with Gasteiger partial charge in [-0.2, -0.15) is 15.2 Å². The van der Waals surface area contributed by atoms with Gasteiger partial charge >= 0.3 is 0 Å². The van der Waals surface area contributed by atoms with Crippen molar-refractivity contribution >= 4 is 40.1 Å². The first kappa shape index (κ1) is 19.1. The zero-order chi connectivity index (χ0) is 21.4. The third kappa shape index (κ3) is 3.49. The van der Waals surface area contributed by atoms with Gasteiger partial charge in [0, 0.05) is 30.9 Å². The number of rotatable bonds is 6. The average molecular weight is 419 g/mol. The van der Waals surface area contributed by atoms with E-state index in [9.17, 15) is 10.1 Å². The maximum absolute atomic E-state index is 12.1. The molecule has 3 N–H and O–H groups in total. The Morgan fingerprint density at radius 1 is 1.35 bits per heavy atom. The highest BCUT2D eigenvalue weighted by Crippen LogP contribution is 2.34. The van der Waals surface area contributed by atoms with Crippen LogP contribution in [0, 0.1) is 11.3 Å². The van der Waals surface area contributed by atoms with Gasteiger partial charge in [-0.25, -0.2) is 0 Å². The number of nitrogens with one attached hydrogen (secondary N) is 3. The van der Waals surface area contributed by atoms with Crippen LogP contribution in [0.4, 0.5) is 23.1 Å². The molecule has 2 saturated heterocycles. The lowest BCUT2D eigenvalue weighted by Crippen LogP contribution is -2.40. The number of H-pyrrole nitrogens is 1. The molecule has 1 aromatic carbocycles. The van der Waals surface area contributed by atoms with E-state index in [0.717, 1.165) is 12.1 Å². The fourth-order valence-electron chi connectivity index (χ4n) is 3.79.